The number of alkyl carbamates (subject to hydrolysis) is 1. The second kappa shape index (κ2) is 10.1. The molecule has 1 heterocycles. The maximum Gasteiger partial charge on any atom is 0.407 e. The summed E-state index contributed by atoms with van der Waals surface area (Å²) in [5.41, 5.74) is 2.72. The Hall–Kier alpha value is -3.02. The maximum atomic E-state index is 13.1. The zero-order valence-corrected chi connectivity index (χ0v) is 18.7. The van der Waals surface area contributed by atoms with Crippen LogP contribution in [0.15, 0.2) is 48.5 Å². The van der Waals surface area contributed by atoms with Crippen LogP contribution in [0.1, 0.15) is 60.5 Å². The monoisotopic (exact) mass is 436 g/mol. The molecule has 6 heteroatoms. The van der Waals surface area contributed by atoms with Crippen LogP contribution in [0.25, 0.3) is 0 Å². The molecular weight excluding hydrogens is 404 g/mol. The molecule has 0 aromatic heterocycles. The van der Waals surface area contributed by atoms with Gasteiger partial charge in [0, 0.05) is 24.9 Å². The number of nitrogens with one attached hydrogen (secondary N) is 2. The lowest BCUT2D eigenvalue weighted by molar-refractivity contribution is 0.0565. The molecule has 0 saturated heterocycles. The van der Waals surface area contributed by atoms with Crippen LogP contribution < -0.4 is 15.4 Å². The summed E-state index contributed by atoms with van der Waals surface area (Å²) in [5, 5.41) is 5.96. The van der Waals surface area contributed by atoms with Crippen LogP contribution in [-0.4, -0.2) is 37.8 Å². The van der Waals surface area contributed by atoms with Crippen molar-refractivity contribution < 1.29 is 19.1 Å². The van der Waals surface area contributed by atoms with Gasteiger partial charge in [-0.1, -0.05) is 49.4 Å². The van der Waals surface area contributed by atoms with E-state index >= 15 is 0 Å². The largest absolute Gasteiger partial charge is 0.492 e. The smallest absolute Gasteiger partial charge is 0.407 e. The minimum Gasteiger partial charge on any atom is -0.492 e. The SMILES string of the molecule is CCCNC(=O)OC1CCC(CNC(=O)c2cccc3c2OCC3)(c2ccccc2)CC1. The van der Waals surface area contributed by atoms with E-state index in [4.69, 9.17) is 9.47 Å². The second-order valence-corrected chi connectivity index (χ2v) is 8.75. The highest BCUT2D eigenvalue weighted by Crippen LogP contribution is 2.40. The molecule has 2 aromatic rings. The van der Waals surface area contributed by atoms with Crippen molar-refractivity contribution in [2.75, 3.05) is 19.7 Å². The topological polar surface area (TPSA) is 76.7 Å². The highest BCUT2D eigenvalue weighted by molar-refractivity contribution is 5.97. The van der Waals surface area contributed by atoms with E-state index in [1.54, 1.807) is 0 Å². The number of rotatable bonds is 7. The third-order valence-electron chi connectivity index (χ3n) is 6.62. The van der Waals surface area contributed by atoms with Crippen LogP contribution in [-0.2, 0) is 16.6 Å². The Morgan fingerprint density at radius 2 is 1.84 bits per heavy atom. The Balaban J connectivity index is 1.44. The number of ether oxygens (including phenoxy) is 2. The number of hydrogen-bond acceptors (Lipinski definition) is 4. The number of para-hydroxylation sites is 1. The average molecular weight is 437 g/mol. The van der Waals surface area contributed by atoms with Gasteiger partial charge in [0.2, 0.25) is 0 Å². The highest BCUT2D eigenvalue weighted by atomic mass is 16.6. The van der Waals surface area contributed by atoms with Crippen molar-refractivity contribution in [3.05, 3.63) is 65.2 Å². The fourth-order valence-electron chi connectivity index (χ4n) is 4.78. The number of amides is 2. The first-order chi connectivity index (χ1) is 15.6. The predicted octanol–water partition coefficient (Wildman–Crippen LogP) is 4.37. The summed E-state index contributed by atoms with van der Waals surface area (Å²) in [6.45, 7) is 3.80. The van der Waals surface area contributed by atoms with Gasteiger partial charge in [-0.05, 0) is 49.3 Å². The number of fused-ring (bicyclic) bond motifs is 1. The molecule has 170 valence electrons. The Kier molecular flexibility index (Phi) is 6.98. The molecule has 2 N–H and O–H groups in total. The molecule has 6 nitrogen and oxygen atoms in total. The van der Waals surface area contributed by atoms with Crippen molar-refractivity contribution in [3.63, 3.8) is 0 Å². The van der Waals surface area contributed by atoms with E-state index in [9.17, 15) is 9.59 Å². The van der Waals surface area contributed by atoms with Gasteiger partial charge in [-0.2, -0.15) is 0 Å². The lowest BCUT2D eigenvalue weighted by atomic mass is 9.68. The van der Waals surface area contributed by atoms with E-state index < -0.39 is 0 Å². The van der Waals surface area contributed by atoms with Gasteiger partial charge in [0.15, 0.2) is 0 Å². The fourth-order valence-corrected chi connectivity index (χ4v) is 4.78. The van der Waals surface area contributed by atoms with Crippen LogP contribution in [0.4, 0.5) is 4.79 Å². The normalized spacial score (nSPS) is 21.8. The van der Waals surface area contributed by atoms with Crippen LogP contribution in [0, 0.1) is 0 Å². The molecule has 2 amide bonds. The summed E-state index contributed by atoms with van der Waals surface area (Å²) in [7, 11) is 0. The van der Waals surface area contributed by atoms with Crippen molar-refractivity contribution in [3.8, 4) is 5.75 Å². The molecule has 0 atom stereocenters. The molecule has 0 bridgehead atoms. The van der Waals surface area contributed by atoms with Crippen LogP contribution in [0.3, 0.4) is 0 Å². The van der Waals surface area contributed by atoms with Crippen molar-refractivity contribution in [2.24, 2.45) is 0 Å². The van der Waals surface area contributed by atoms with Gasteiger partial charge in [-0.25, -0.2) is 4.79 Å². The third kappa shape index (κ3) is 4.90. The highest BCUT2D eigenvalue weighted by Gasteiger charge is 2.38. The minimum atomic E-state index is -0.338. The third-order valence-corrected chi connectivity index (χ3v) is 6.62. The molecule has 1 aliphatic heterocycles. The van der Waals surface area contributed by atoms with Crippen LogP contribution >= 0.6 is 0 Å². The molecule has 32 heavy (non-hydrogen) atoms. The zero-order valence-electron chi connectivity index (χ0n) is 18.7. The molecule has 2 aromatic carbocycles. The predicted molar refractivity (Wildman–Crippen MR) is 123 cm³/mol. The number of carbonyl (C=O) groups is 2. The zero-order chi connectivity index (χ0) is 22.4. The summed E-state index contributed by atoms with van der Waals surface area (Å²) in [6.07, 6.45) is 4.52. The lowest BCUT2D eigenvalue weighted by Crippen LogP contribution is -2.45. The van der Waals surface area contributed by atoms with Gasteiger partial charge in [-0.3, -0.25) is 4.79 Å². The molecule has 0 unspecified atom stereocenters. The average Bonchev–Trinajstić information content (AvgIpc) is 3.32. The Labute approximate surface area is 189 Å². The molecule has 1 saturated carbocycles. The van der Waals surface area contributed by atoms with E-state index in [0.717, 1.165) is 44.1 Å². The van der Waals surface area contributed by atoms with Gasteiger partial charge in [-0.15, -0.1) is 0 Å². The molecule has 4 rings (SSSR count). The molecule has 0 spiro atoms. The summed E-state index contributed by atoms with van der Waals surface area (Å²) < 4.78 is 11.3. The number of benzene rings is 2. The first-order valence-corrected chi connectivity index (χ1v) is 11.6. The summed E-state index contributed by atoms with van der Waals surface area (Å²) >= 11 is 0. The Morgan fingerprint density at radius 1 is 1.06 bits per heavy atom. The van der Waals surface area contributed by atoms with Gasteiger partial charge in [0.05, 0.1) is 12.2 Å². The van der Waals surface area contributed by atoms with Crippen LogP contribution in [0.5, 0.6) is 5.75 Å². The maximum absolute atomic E-state index is 13.1. The first kappa shape index (κ1) is 22.2. The number of hydrogen-bond donors (Lipinski definition) is 2. The Bertz CT molecular complexity index is 936. The van der Waals surface area contributed by atoms with E-state index in [1.807, 2.05) is 43.3 Å². The van der Waals surface area contributed by atoms with Gasteiger partial charge in [0.1, 0.15) is 11.9 Å². The molecule has 1 aliphatic carbocycles. The summed E-state index contributed by atoms with van der Waals surface area (Å²) in [4.78, 5) is 25.0. The fraction of sp³-hybridized carbons (Fsp3) is 0.462. The van der Waals surface area contributed by atoms with Crippen LogP contribution in [0.2, 0.25) is 0 Å². The molecular formula is C26H32N2O4. The van der Waals surface area contributed by atoms with Crippen molar-refractivity contribution in [2.45, 2.75) is 57.0 Å². The summed E-state index contributed by atoms with van der Waals surface area (Å²) in [6, 6.07) is 16.1. The first-order valence-electron chi connectivity index (χ1n) is 11.6. The second-order valence-electron chi connectivity index (χ2n) is 8.75. The minimum absolute atomic E-state index is 0.0924. The quantitative estimate of drug-likeness (QED) is 0.676. The van der Waals surface area contributed by atoms with Crippen molar-refractivity contribution in [1.82, 2.24) is 10.6 Å². The standard InChI is InChI=1S/C26H32N2O4/c1-2-16-27-25(30)32-21-11-14-26(15-12-21,20-8-4-3-5-9-20)18-28-24(29)22-10-6-7-19-13-17-31-23(19)22/h3-10,21H,2,11-18H2,1H3,(H,27,30)(H,28,29). The van der Waals surface area contributed by atoms with Gasteiger partial charge in [0.25, 0.3) is 5.91 Å². The lowest BCUT2D eigenvalue weighted by Gasteiger charge is -2.40. The van der Waals surface area contributed by atoms with E-state index in [0.29, 0.717) is 31.0 Å². The molecule has 0 radical (unpaired) electrons. The summed E-state index contributed by atoms with van der Waals surface area (Å²) in [5.74, 6) is 0.616. The van der Waals surface area contributed by atoms with E-state index in [-0.39, 0.29) is 23.5 Å². The van der Waals surface area contributed by atoms with Gasteiger partial charge >= 0.3 is 6.09 Å². The molecule has 1 fully saturated rings. The molecule has 2 aliphatic rings. The van der Waals surface area contributed by atoms with E-state index in [1.165, 1.54) is 5.56 Å². The number of carbonyl (C=O) groups excluding carboxylic acids is 2. The van der Waals surface area contributed by atoms with Crippen molar-refractivity contribution >= 4 is 12.0 Å². The van der Waals surface area contributed by atoms with Crippen molar-refractivity contribution in [1.29, 1.82) is 0 Å². The van der Waals surface area contributed by atoms with Gasteiger partial charge < -0.3 is 20.1 Å². The van der Waals surface area contributed by atoms with E-state index in [2.05, 4.69) is 22.8 Å². The Morgan fingerprint density at radius 3 is 2.59 bits per heavy atom.